The molecule has 29 heavy (non-hydrogen) atoms. The van der Waals surface area contributed by atoms with Crippen LogP contribution in [0.15, 0.2) is 48.5 Å². The van der Waals surface area contributed by atoms with E-state index in [2.05, 4.69) is 25.9 Å². The number of hydrogen-bond donors (Lipinski definition) is 3. The maximum atomic E-state index is 13.8. The van der Waals surface area contributed by atoms with Gasteiger partial charge in [0, 0.05) is 30.1 Å². The van der Waals surface area contributed by atoms with Gasteiger partial charge in [0.1, 0.15) is 17.3 Å². The fraction of sp³-hybridized carbons (Fsp3) is 0.100. The van der Waals surface area contributed by atoms with Crippen molar-refractivity contribution in [2.24, 2.45) is 0 Å². The summed E-state index contributed by atoms with van der Waals surface area (Å²) in [6, 6.07) is 11.2. The Morgan fingerprint density at radius 3 is 2.41 bits per heavy atom. The lowest BCUT2D eigenvalue weighted by Gasteiger charge is -2.10. The monoisotopic (exact) mass is 397 g/mol. The minimum Gasteiger partial charge on any atom is -0.326 e. The van der Waals surface area contributed by atoms with E-state index >= 15 is 0 Å². The van der Waals surface area contributed by atoms with Crippen LogP contribution < -0.4 is 16.0 Å². The average Bonchev–Trinajstić information content (AvgIpc) is 2.63. The highest BCUT2D eigenvalue weighted by Gasteiger charge is 2.14. The third kappa shape index (κ3) is 5.32. The largest absolute Gasteiger partial charge is 0.326 e. The minimum absolute atomic E-state index is 0.00161. The Labute approximate surface area is 165 Å². The summed E-state index contributed by atoms with van der Waals surface area (Å²) in [5.74, 6) is -2.37. The summed E-state index contributed by atoms with van der Waals surface area (Å²) in [6.07, 6.45) is 0. The summed E-state index contributed by atoms with van der Waals surface area (Å²) in [5, 5.41) is 7.98. The summed E-state index contributed by atoms with van der Waals surface area (Å²) >= 11 is 0. The van der Waals surface area contributed by atoms with Crippen molar-refractivity contribution in [2.45, 2.75) is 13.8 Å². The number of nitrogens with zero attached hydrogens (tertiary/aromatic N) is 2. The predicted molar refractivity (Wildman–Crippen MR) is 105 cm³/mol. The molecule has 0 aliphatic heterocycles. The molecule has 148 valence electrons. The fourth-order valence-corrected chi connectivity index (χ4v) is 2.53. The lowest BCUT2D eigenvalue weighted by molar-refractivity contribution is -0.114. The zero-order chi connectivity index (χ0) is 21.0. The fourth-order valence-electron chi connectivity index (χ4n) is 2.53. The van der Waals surface area contributed by atoms with Gasteiger partial charge in [-0.05, 0) is 43.3 Å². The molecule has 7 nitrogen and oxygen atoms in total. The molecule has 0 radical (unpaired) electrons. The summed E-state index contributed by atoms with van der Waals surface area (Å²) < 4.78 is 26.8. The number of carbonyl (C=O) groups is 2. The third-order valence-electron chi connectivity index (χ3n) is 3.71. The van der Waals surface area contributed by atoms with E-state index in [0.717, 1.165) is 12.1 Å². The van der Waals surface area contributed by atoms with Crippen LogP contribution in [0, 0.1) is 18.6 Å². The Bertz CT molecular complexity index is 1090. The van der Waals surface area contributed by atoms with Crippen molar-refractivity contribution in [2.75, 3.05) is 16.0 Å². The maximum Gasteiger partial charge on any atom is 0.274 e. The van der Waals surface area contributed by atoms with E-state index in [4.69, 9.17) is 0 Å². The van der Waals surface area contributed by atoms with Gasteiger partial charge in [0.05, 0.1) is 5.69 Å². The first-order valence-corrected chi connectivity index (χ1v) is 8.57. The SMILES string of the molecule is CC(=O)Nc1cccc(Nc2nc(C)cc(C(=O)Nc3ccc(F)cc3F)n2)c1. The number of hydrogen-bond acceptors (Lipinski definition) is 5. The van der Waals surface area contributed by atoms with Crippen LogP contribution >= 0.6 is 0 Å². The maximum absolute atomic E-state index is 13.8. The van der Waals surface area contributed by atoms with Gasteiger partial charge in [-0.25, -0.2) is 18.7 Å². The van der Waals surface area contributed by atoms with Gasteiger partial charge in [-0.2, -0.15) is 0 Å². The first-order valence-electron chi connectivity index (χ1n) is 8.57. The quantitative estimate of drug-likeness (QED) is 0.604. The van der Waals surface area contributed by atoms with Gasteiger partial charge < -0.3 is 16.0 Å². The smallest absolute Gasteiger partial charge is 0.274 e. The highest BCUT2D eigenvalue weighted by molar-refractivity contribution is 6.03. The van der Waals surface area contributed by atoms with Crippen LogP contribution in [0.1, 0.15) is 23.1 Å². The van der Waals surface area contributed by atoms with E-state index in [-0.39, 0.29) is 23.2 Å². The van der Waals surface area contributed by atoms with Crippen LogP contribution in [0.3, 0.4) is 0 Å². The number of amides is 2. The van der Waals surface area contributed by atoms with Crippen LogP contribution in [-0.4, -0.2) is 21.8 Å². The van der Waals surface area contributed by atoms with Crippen LogP contribution in [0.25, 0.3) is 0 Å². The number of aryl methyl sites for hydroxylation is 1. The Morgan fingerprint density at radius 1 is 0.931 bits per heavy atom. The van der Waals surface area contributed by atoms with Gasteiger partial charge in [-0.1, -0.05) is 6.07 Å². The van der Waals surface area contributed by atoms with Crippen molar-refractivity contribution >= 4 is 34.8 Å². The molecule has 3 rings (SSSR count). The molecular weight excluding hydrogens is 380 g/mol. The zero-order valence-electron chi connectivity index (χ0n) is 15.6. The van der Waals surface area contributed by atoms with Crippen molar-refractivity contribution in [3.8, 4) is 0 Å². The molecule has 1 aromatic heterocycles. The molecule has 0 saturated heterocycles. The van der Waals surface area contributed by atoms with Crippen molar-refractivity contribution in [1.29, 1.82) is 0 Å². The molecule has 0 unspecified atom stereocenters. The molecule has 1 heterocycles. The summed E-state index contributed by atoms with van der Waals surface area (Å²) in [6.45, 7) is 3.08. The van der Waals surface area contributed by atoms with Crippen molar-refractivity contribution < 1.29 is 18.4 Å². The van der Waals surface area contributed by atoms with E-state index in [1.165, 1.54) is 13.0 Å². The van der Waals surface area contributed by atoms with Crippen molar-refractivity contribution in [3.05, 3.63) is 71.6 Å². The van der Waals surface area contributed by atoms with E-state index in [9.17, 15) is 18.4 Å². The van der Waals surface area contributed by atoms with Crippen LogP contribution in [0.5, 0.6) is 0 Å². The zero-order valence-corrected chi connectivity index (χ0v) is 15.6. The molecule has 0 aliphatic rings. The molecule has 0 atom stereocenters. The van der Waals surface area contributed by atoms with Gasteiger partial charge >= 0.3 is 0 Å². The first-order chi connectivity index (χ1) is 13.8. The lowest BCUT2D eigenvalue weighted by Crippen LogP contribution is -2.16. The third-order valence-corrected chi connectivity index (χ3v) is 3.71. The average molecular weight is 397 g/mol. The second-order valence-electron chi connectivity index (χ2n) is 6.18. The van der Waals surface area contributed by atoms with Gasteiger partial charge in [0.15, 0.2) is 0 Å². The second-order valence-corrected chi connectivity index (χ2v) is 6.18. The molecule has 2 aromatic carbocycles. The molecule has 0 aliphatic carbocycles. The molecule has 0 saturated carbocycles. The molecule has 0 spiro atoms. The highest BCUT2D eigenvalue weighted by Crippen LogP contribution is 2.20. The summed E-state index contributed by atoms with van der Waals surface area (Å²) in [5.41, 5.74) is 1.52. The Kier molecular flexibility index (Phi) is 5.77. The number of aromatic nitrogens is 2. The van der Waals surface area contributed by atoms with Gasteiger partial charge in [0.25, 0.3) is 5.91 Å². The van der Waals surface area contributed by atoms with Crippen LogP contribution in [0.4, 0.5) is 31.8 Å². The van der Waals surface area contributed by atoms with Gasteiger partial charge in [-0.3, -0.25) is 9.59 Å². The number of rotatable bonds is 5. The van der Waals surface area contributed by atoms with E-state index in [1.54, 1.807) is 31.2 Å². The molecule has 2 amide bonds. The predicted octanol–water partition coefficient (Wildman–Crippen LogP) is 4.02. The molecule has 3 aromatic rings. The molecular formula is C20H17F2N5O2. The Hall–Kier alpha value is -3.88. The number of halogens is 2. The summed E-state index contributed by atoms with van der Waals surface area (Å²) in [4.78, 5) is 32.0. The molecule has 0 bridgehead atoms. The molecule has 3 N–H and O–H groups in total. The summed E-state index contributed by atoms with van der Waals surface area (Å²) in [7, 11) is 0. The standard InChI is InChI=1S/C20H17F2N5O2/c1-11-8-18(19(29)26-17-7-6-13(21)9-16(17)22)27-20(23-11)25-15-5-3-4-14(10-15)24-12(2)28/h3-10H,1-2H3,(H,24,28)(H,26,29)(H,23,25,27). The minimum atomic E-state index is -0.891. The van der Waals surface area contributed by atoms with Gasteiger partial charge in [0.2, 0.25) is 11.9 Å². The topological polar surface area (TPSA) is 96.0 Å². The van der Waals surface area contributed by atoms with Crippen molar-refractivity contribution in [3.63, 3.8) is 0 Å². The van der Waals surface area contributed by atoms with Gasteiger partial charge in [-0.15, -0.1) is 0 Å². The van der Waals surface area contributed by atoms with E-state index in [0.29, 0.717) is 23.1 Å². The van der Waals surface area contributed by atoms with Crippen molar-refractivity contribution in [1.82, 2.24) is 9.97 Å². The Balaban J connectivity index is 1.80. The number of anilines is 4. The number of nitrogens with one attached hydrogen (secondary N) is 3. The van der Waals surface area contributed by atoms with E-state index in [1.807, 2.05) is 0 Å². The number of carbonyl (C=O) groups excluding carboxylic acids is 2. The van der Waals surface area contributed by atoms with Crippen LogP contribution in [-0.2, 0) is 4.79 Å². The second kappa shape index (κ2) is 8.42. The Morgan fingerprint density at radius 2 is 1.69 bits per heavy atom. The van der Waals surface area contributed by atoms with Crippen LogP contribution in [0.2, 0.25) is 0 Å². The molecule has 0 fully saturated rings. The van der Waals surface area contributed by atoms with E-state index < -0.39 is 17.5 Å². The first kappa shape index (κ1) is 19.9. The lowest BCUT2D eigenvalue weighted by atomic mass is 10.2. The molecule has 9 heteroatoms. The number of benzene rings is 2. The highest BCUT2D eigenvalue weighted by atomic mass is 19.1. The normalized spacial score (nSPS) is 10.3.